The fourth-order valence-corrected chi connectivity index (χ4v) is 1.73. The van der Waals surface area contributed by atoms with E-state index in [1.54, 1.807) is 24.3 Å². The molecule has 0 fully saturated rings. The van der Waals surface area contributed by atoms with Gasteiger partial charge < -0.3 is 14.9 Å². The Morgan fingerprint density at radius 2 is 1.65 bits per heavy atom. The van der Waals surface area contributed by atoms with Gasteiger partial charge in [0.15, 0.2) is 0 Å². The molecular formula is C17H16O3. The first-order valence-electron chi connectivity index (χ1n) is 6.34. The summed E-state index contributed by atoms with van der Waals surface area (Å²) < 4.78 is 5.39. The zero-order valence-electron chi connectivity index (χ0n) is 11.3. The molecule has 0 atom stereocenters. The zero-order valence-corrected chi connectivity index (χ0v) is 11.3. The molecule has 0 spiro atoms. The number of phenols is 1. The number of hydrogen-bond donors (Lipinski definition) is 2. The minimum atomic E-state index is 0.00183. The van der Waals surface area contributed by atoms with Crippen LogP contribution in [-0.2, 0) is 0 Å². The number of benzene rings is 2. The molecule has 0 heterocycles. The molecule has 2 N–H and O–H groups in total. The Bertz CT molecular complexity index is 634. The van der Waals surface area contributed by atoms with Crippen LogP contribution < -0.4 is 4.74 Å². The molecule has 0 aliphatic carbocycles. The van der Waals surface area contributed by atoms with Crippen molar-refractivity contribution in [2.75, 3.05) is 13.2 Å². The van der Waals surface area contributed by atoms with Crippen molar-refractivity contribution in [3.63, 3.8) is 0 Å². The molecule has 0 saturated carbocycles. The lowest BCUT2D eigenvalue weighted by Gasteiger charge is -2.07. The first kappa shape index (κ1) is 14.0. The maximum Gasteiger partial charge on any atom is 0.122 e. The number of aryl methyl sites for hydroxylation is 1. The second-order valence-corrected chi connectivity index (χ2v) is 4.35. The summed E-state index contributed by atoms with van der Waals surface area (Å²) in [5, 5.41) is 17.9. The Morgan fingerprint density at radius 3 is 2.30 bits per heavy atom. The van der Waals surface area contributed by atoms with Crippen molar-refractivity contribution in [3.05, 3.63) is 59.2 Å². The summed E-state index contributed by atoms with van der Waals surface area (Å²) in [5.74, 6) is 7.10. The molecule has 0 bridgehead atoms. The molecule has 0 aliphatic rings. The highest BCUT2D eigenvalue weighted by molar-refractivity contribution is 5.47. The van der Waals surface area contributed by atoms with E-state index in [0.717, 1.165) is 22.4 Å². The van der Waals surface area contributed by atoms with Crippen LogP contribution in [0.5, 0.6) is 11.5 Å². The largest absolute Gasteiger partial charge is 0.508 e. The van der Waals surface area contributed by atoms with E-state index < -0.39 is 0 Å². The molecule has 2 aromatic carbocycles. The number of rotatable bonds is 3. The van der Waals surface area contributed by atoms with Crippen molar-refractivity contribution in [1.82, 2.24) is 0 Å². The quantitative estimate of drug-likeness (QED) is 0.841. The maximum absolute atomic E-state index is 9.20. The minimum Gasteiger partial charge on any atom is -0.508 e. The molecule has 3 nitrogen and oxygen atoms in total. The third kappa shape index (κ3) is 3.78. The first-order chi connectivity index (χ1) is 9.69. The molecule has 0 amide bonds. The highest BCUT2D eigenvalue weighted by atomic mass is 16.5. The van der Waals surface area contributed by atoms with Gasteiger partial charge in [0.25, 0.3) is 0 Å². The van der Waals surface area contributed by atoms with Gasteiger partial charge in [0.1, 0.15) is 18.1 Å². The molecule has 102 valence electrons. The van der Waals surface area contributed by atoms with Crippen molar-refractivity contribution >= 4 is 0 Å². The van der Waals surface area contributed by atoms with E-state index in [4.69, 9.17) is 9.84 Å². The molecule has 0 saturated heterocycles. The van der Waals surface area contributed by atoms with Gasteiger partial charge in [0.2, 0.25) is 0 Å². The van der Waals surface area contributed by atoms with Crippen molar-refractivity contribution in [2.45, 2.75) is 6.92 Å². The third-order valence-electron chi connectivity index (χ3n) is 2.74. The fraction of sp³-hybridized carbons (Fsp3) is 0.176. The van der Waals surface area contributed by atoms with E-state index >= 15 is 0 Å². The number of aliphatic hydroxyl groups excluding tert-OH is 1. The standard InChI is InChI=1S/C17H16O3/c1-13-12-15(6-9-17(13)20-11-10-18)3-2-14-4-7-16(19)8-5-14/h4-9,12,18-19H,10-11H2,1H3. The van der Waals surface area contributed by atoms with Gasteiger partial charge in [-0.3, -0.25) is 0 Å². The maximum atomic E-state index is 9.20. The van der Waals surface area contributed by atoms with Crippen molar-refractivity contribution < 1.29 is 14.9 Å². The summed E-state index contributed by atoms with van der Waals surface area (Å²) in [6, 6.07) is 12.4. The molecule has 0 aliphatic heterocycles. The topological polar surface area (TPSA) is 49.7 Å². The van der Waals surface area contributed by atoms with E-state index in [0.29, 0.717) is 6.61 Å². The summed E-state index contributed by atoms with van der Waals surface area (Å²) >= 11 is 0. The normalized spacial score (nSPS) is 9.70. The molecule has 3 heteroatoms. The molecule has 20 heavy (non-hydrogen) atoms. The van der Waals surface area contributed by atoms with Crippen LogP contribution in [0.1, 0.15) is 16.7 Å². The molecule has 0 aromatic heterocycles. The van der Waals surface area contributed by atoms with Gasteiger partial charge in [-0.1, -0.05) is 11.8 Å². The van der Waals surface area contributed by atoms with Crippen LogP contribution in [0.25, 0.3) is 0 Å². The number of ether oxygens (including phenoxy) is 1. The predicted octanol–water partition coefficient (Wildman–Crippen LogP) is 2.47. The summed E-state index contributed by atoms with van der Waals surface area (Å²) in [4.78, 5) is 0. The SMILES string of the molecule is Cc1cc(C#Cc2ccc(O)cc2)ccc1OCCO. The average molecular weight is 268 g/mol. The highest BCUT2D eigenvalue weighted by Crippen LogP contribution is 2.18. The number of aliphatic hydroxyl groups is 1. The van der Waals surface area contributed by atoms with E-state index in [1.807, 2.05) is 25.1 Å². The number of aromatic hydroxyl groups is 1. The fourth-order valence-electron chi connectivity index (χ4n) is 1.73. The molecular weight excluding hydrogens is 252 g/mol. The van der Waals surface area contributed by atoms with Crippen LogP contribution in [-0.4, -0.2) is 23.4 Å². The lowest BCUT2D eigenvalue weighted by molar-refractivity contribution is 0.200. The van der Waals surface area contributed by atoms with Crippen LogP contribution in [0, 0.1) is 18.8 Å². The van der Waals surface area contributed by atoms with Crippen LogP contribution in [0.3, 0.4) is 0 Å². The lowest BCUT2D eigenvalue weighted by atomic mass is 10.1. The van der Waals surface area contributed by atoms with Gasteiger partial charge in [-0.2, -0.15) is 0 Å². The van der Waals surface area contributed by atoms with Gasteiger partial charge in [-0.15, -0.1) is 0 Å². The van der Waals surface area contributed by atoms with Crippen LogP contribution >= 0.6 is 0 Å². The average Bonchev–Trinajstić information content (AvgIpc) is 2.46. The van der Waals surface area contributed by atoms with Gasteiger partial charge in [0.05, 0.1) is 6.61 Å². The third-order valence-corrected chi connectivity index (χ3v) is 2.74. The highest BCUT2D eigenvalue weighted by Gasteiger charge is 1.99. The summed E-state index contributed by atoms with van der Waals surface area (Å²) in [7, 11) is 0. The van der Waals surface area contributed by atoms with Gasteiger partial charge in [-0.25, -0.2) is 0 Å². The zero-order chi connectivity index (χ0) is 14.4. The Kier molecular flexibility index (Phi) is 4.65. The van der Waals surface area contributed by atoms with Crippen molar-refractivity contribution in [1.29, 1.82) is 0 Å². The number of phenolic OH excluding ortho intramolecular Hbond substituents is 1. The predicted molar refractivity (Wildman–Crippen MR) is 77.8 cm³/mol. The summed E-state index contributed by atoms with van der Waals surface area (Å²) in [6.45, 7) is 2.24. The van der Waals surface area contributed by atoms with Crippen LogP contribution in [0.4, 0.5) is 0 Å². The molecule has 0 radical (unpaired) electrons. The summed E-state index contributed by atoms with van der Waals surface area (Å²) in [5.41, 5.74) is 2.73. The Balaban J connectivity index is 2.14. The smallest absolute Gasteiger partial charge is 0.122 e. The lowest BCUT2D eigenvalue weighted by Crippen LogP contribution is -2.02. The molecule has 2 aromatic rings. The van der Waals surface area contributed by atoms with Crippen LogP contribution in [0.15, 0.2) is 42.5 Å². The van der Waals surface area contributed by atoms with Crippen molar-refractivity contribution in [2.24, 2.45) is 0 Å². The minimum absolute atomic E-state index is 0.00183. The Hall–Kier alpha value is -2.44. The van der Waals surface area contributed by atoms with Gasteiger partial charge in [0, 0.05) is 11.1 Å². The monoisotopic (exact) mass is 268 g/mol. The number of hydrogen-bond acceptors (Lipinski definition) is 3. The van der Waals surface area contributed by atoms with E-state index in [9.17, 15) is 5.11 Å². The van der Waals surface area contributed by atoms with E-state index in [-0.39, 0.29) is 12.4 Å². The van der Waals surface area contributed by atoms with Crippen molar-refractivity contribution in [3.8, 4) is 23.3 Å². The van der Waals surface area contributed by atoms with Crippen LogP contribution in [0.2, 0.25) is 0 Å². The Morgan fingerprint density at radius 1 is 1.00 bits per heavy atom. The molecule has 2 rings (SSSR count). The summed E-state index contributed by atoms with van der Waals surface area (Å²) in [6.07, 6.45) is 0. The van der Waals surface area contributed by atoms with E-state index in [1.165, 1.54) is 0 Å². The first-order valence-corrected chi connectivity index (χ1v) is 6.34. The second-order valence-electron chi connectivity index (χ2n) is 4.35. The van der Waals surface area contributed by atoms with Gasteiger partial charge >= 0.3 is 0 Å². The molecule has 0 unspecified atom stereocenters. The second kappa shape index (κ2) is 6.65. The van der Waals surface area contributed by atoms with Gasteiger partial charge in [-0.05, 0) is 55.0 Å². The van der Waals surface area contributed by atoms with E-state index in [2.05, 4.69) is 11.8 Å². The Labute approximate surface area is 118 Å².